The second-order valence-corrected chi connectivity index (χ2v) is 5.44. The van der Waals surface area contributed by atoms with Crippen LogP contribution in [-0.2, 0) is 4.79 Å². The number of methoxy groups -OCH3 is 1. The second-order valence-electron chi connectivity index (χ2n) is 5.00. The van der Waals surface area contributed by atoms with Crippen molar-refractivity contribution in [1.82, 2.24) is 0 Å². The third-order valence-corrected chi connectivity index (χ3v) is 3.86. The molecule has 1 unspecified atom stereocenters. The molecular weight excluding hydrogens is 288 g/mol. The molecule has 0 saturated heterocycles. The van der Waals surface area contributed by atoms with E-state index < -0.39 is 5.38 Å². The van der Waals surface area contributed by atoms with Crippen molar-refractivity contribution in [1.29, 1.82) is 0 Å². The highest BCUT2D eigenvalue weighted by atomic mass is 35.5. The highest BCUT2D eigenvalue weighted by Crippen LogP contribution is 2.33. The van der Waals surface area contributed by atoms with Crippen LogP contribution in [0.3, 0.4) is 0 Å². The van der Waals surface area contributed by atoms with E-state index in [2.05, 4.69) is 6.92 Å². The van der Waals surface area contributed by atoms with Crippen molar-refractivity contribution in [2.24, 2.45) is 0 Å². The molecular formula is C17H25ClO3. The van der Waals surface area contributed by atoms with Gasteiger partial charge in [-0.25, -0.2) is 0 Å². The molecule has 0 aliphatic carbocycles. The van der Waals surface area contributed by atoms with Gasteiger partial charge in [0.2, 0.25) is 0 Å². The number of ketones is 1. The van der Waals surface area contributed by atoms with Gasteiger partial charge < -0.3 is 9.47 Å². The fourth-order valence-corrected chi connectivity index (χ4v) is 2.33. The standard InChI is InChI=1S/C17H25ClO3/c1-4-6-7-8-11-21-16-12-13(9-10-15(16)20-3)17(18)14(19)5-2/h9-10,12,17H,4-8,11H2,1-3H3. The van der Waals surface area contributed by atoms with Gasteiger partial charge in [0.15, 0.2) is 17.3 Å². The summed E-state index contributed by atoms with van der Waals surface area (Å²) in [6, 6.07) is 5.42. The van der Waals surface area contributed by atoms with E-state index >= 15 is 0 Å². The van der Waals surface area contributed by atoms with Crippen LogP contribution in [0, 0.1) is 0 Å². The Hall–Kier alpha value is -1.22. The van der Waals surface area contributed by atoms with Gasteiger partial charge in [-0.2, -0.15) is 0 Å². The Bertz CT molecular complexity index is 446. The zero-order valence-corrected chi connectivity index (χ0v) is 13.9. The van der Waals surface area contributed by atoms with Crippen LogP contribution < -0.4 is 9.47 Å². The molecule has 0 fully saturated rings. The molecule has 1 aromatic carbocycles. The average molecular weight is 313 g/mol. The summed E-state index contributed by atoms with van der Waals surface area (Å²) in [5.41, 5.74) is 0.757. The number of hydrogen-bond donors (Lipinski definition) is 0. The smallest absolute Gasteiger partial charge is 0.161 e. The molecule has 0 amide bonds. The van der Waals surface area contributed by atoms with Crippen molar-refractivity contribution in [3.8, 4) is 11.5 Å². The zero-order valence-electron chi connectivity index (χ0n) is 13.2. The maximum Gasteiger partial charge on any atom is 0.161 e. The monoisotopic (exact) mass is 312 g/mol. The summed E-state index contributed by atoms with van der Waals surface area (Å²) >= 11 is 6.18. The summed E-state index contributed by atoms with van der Waals surface area (Å²) in [5, 5.41) is -0.622. The number of hydrogen-bond acceptors (Lipinski definition) is 3. The molecule has 1 rings (SSSR count). The highest BCUT2D eigenvalue weighted by Gasteiger charge is 2.17. The predicted octanol–water partition coefficient (Wildman–Crippen LogP) is 4.91. The van der Waals surface area contributed by atoms with Crippen molar-refractivity contribution in [3.63, 3.8) is 0 Å². The lowest BCUT2D eigenvalue weighted by molar-refractivity contribution is -0.118. The molecule has 3 nitrogen and oxygen atoms in total. The number of Topliss-reactive ketones (excluding diaryl/α,β-unsaturated/α-hetero) is 1. The van der Waals surface area contributed by atoms with Gasteiger partial charge in [-0.15, -0.1) is 11.6 Å². The van der Waals surface area contributed by atoms with Gasteiger partial charge in [0, 0.05) is 6.42 Å². The van der Waals surface area contributed by atoms with Crippen LogP contribution in [0.15, 0.2) is 18.2 Å². The van der Waals surface area contributed by atoms with Gasteiger partial charge in [-0.05, 0) is 24.1 Å². The molecule has 118 valence electrons. The Labute approximate surface area is 132 Å². The molecule has 1 atom stereocenters. The lowest BCUT2D eigenvalue weighted by atomic mass is 10.1. The summed E-state index contributed by atoms with van der Waals surface area (Å²) in [4.78, 5) is 11.7. The van der Waals surface area contributed by atoms with Crippen molar-refractivity contribution < 1.29 is 14.3 Å². The SMILES string of the molecule is CCCCCCOc1cc(C(Cl)C(=O)CC)ccc1OC. The van der Waals surface area contributed by atoms with Crippen molar-refractivity contribution in [2.45, 2.75) is 51.3 Å². The Kier molecular flexibility index (Phi) is 8.21. The Morgan fingerprint density at radius 1 is 1.19 bits per heavy atom. The summed E-state index contributed by atoms with van der Waals surface area (Å²) in [6.07, 6.45) is 5.01. The van der Waals surface area contributed by atoms with Crippen LogP contribution in [0.4, 0.5) is 0 Å². The summed E-state index contributed by atoms with van der Waals surface area (Å²) in [5.74, 6) is 1.33. The first kappa shape index (κ1) is 17.8. The van der Waals surface area contributed by atoms with Gasteiger partial charge in [0.1, 0.15) is 5.38 Å². The van der Waals surface area contributed by atoms with E-state index in [0.717, 1.165) is 18.4 Å². The van der Waals surface area contributed by atoms with Crippen LogP contribution >= 0.6 is 11.6 Å². The maximum atomic E-state index is 11.7. The molecule has 4 heteroatoms. The number of unbranched alkanes of at least 4 members (excludes halogenated alkanes) is 3. The summed E-state index contributed by atoms with van der Waals surface area (Å²) in [7, 11) is 1.61. The third kappa shape index (κ3) is 5.58. The molecule has 1 aromatic rings. The Morgan fingerprint density at radius 2 is 1.95 bits per heavy atom. The normalized spacial score (nSPS) is 12.0. The average Bonchev–Trinajstić information content (AvgIpc) is 2.53. The van der Waals surface area contributed by atoms with Gasteiger partial charge >= 0.3 is 0 Å². The number of carbonyl (C=O) groups is 1. The molecule has 0 radical (unpaired) electrons. The van der Waals surface area contributed by atoms with Crippen molar-refractivity contribution in [2.75, 3.05) is 13.7 Å². The number of halogens is 1. The van der Waals surface area contributed by atoms with E-state index in [1.54, 1.807) is 13.2 Å². The van der Waals surface area contributed by atoms with Crippen LogP contribution in [0.25, 0.3) is 0 Å². The van der Waals surface area contributed by atoms with E-state index in [1.807, 2.05) is 19.1 Å². The molecule has 0 aliphatic heterocycles. The first-order chi connectivity index (χ1) is 10.1. The first-order valence-electron chi connectivity index (χ1n) is 7.61. The Morgan fingerprint density at radius 3 is 2.57 bits per heavy atom. The minimum atomic E-state index is -0.622. The maximum absolute atomic E-state index is 11.7. The first-order valence-corrected chi connectivity index (χ1v) is 8.05. The van der Waals surface area contributed by atoms with E-state index in [0.29, 0.717) is 24.5 Å². The van der Waals surface area contributed by atoms with Gasteiger partial charge in [-0.3, -0.25) is 4.79 Å². The zero-order chi connectivity index (χ0) is 15.7. The van der Waals surface area contributed by atoms with Gasteiger partial charge in [0.25, 0.3) is 0 Å². The molecule has 0 spiro atoms. The van der Waals surface area contributed by atoms with Crippen molar-refractivity contribution >= 4 is 17.4 Å². The second kappa shape index (κ2) is 9.67. The van der Waals surface area contributed by atoms with Crippen LogP contribution in [0.1, 0.15) is 56.9 Å². The fraction of sp³-hybridized carbons (Fsp3) is 0.588. The number of ether oxygens (including phenoxy) is 2. The molecule has 21 heavy (non-hydrogen) atoms. The minimum Gasteiger partial charge on any atom is -0.493 e. The molecule has 0 N–H and O–H groups in total. The molecule has 0 saturated carbocycles. The Balaban J connectivity index is 2.73. The van der Waals surface area contributed by atoms with Crippen LogP contribution in [0.5, 0.6) is 11.5 Å². The van der Waals surface area contributed by atoms with E-state index in [9.17, 15) is 4.79 Å². The number of carbonyl (C=O) groups excluding carboxylic acids is 1. The number of rotatable bonds is 10. The largest absolute Gasteiger partial charge is 0.493 e. The van der Waals surface area contributed by atoms with E-state index in [1.165, 1.54) is 12.8 Å². The molecule has 0 bridgehead atoms. The van der Waals surface area contributed by atoms with E-state index in [-0.39, 0.29) is 5.78 Å². The topological polar surface area (TPSA) is 35.5 Å². The third-order valence-electron chi connectivity index (χ3n) is 3.37. The van der Waals surface area contributed by atoms with Gasteiger partial charge in [-0.1, -0.05) is 39.2 Å². The molecule has 0 heterocycles. The number of alkyl halides is 1. The van der Waals surface area contributed by atoms with Crippen LogP contribution in [0.2, 0.25) is 0 Å². The molecule has 0 aromatic heterocycles. The lowest BCUT2D eigenvalue weighted by Crippen LogP contribution is -2.06. The predicted molar refractivity (Wildman–Crippen MR) is 86.5 cm³/mol. The van der Waals surface area contributed by atoms with Crippen molar-refractivity contribution in [3.05, 3.63) is 23.8 Å². The fourth-order valence-electron chi connectivity index (χ4n) is 2.04. The number of benzene rings is 1. The quantitative estimate of drug-likeness (QED) is 0.454. The summed E-state index contributed by atoms with van der Waals surface area (Å²) in [6.45, 7) is 4.64. The van der Waals surface area contributed by atoms with E-state index in [4.69, 9.17) is 21.1 Å². The highest BCUT2D eigenvalue weighted by molar-refractivity contribution is 6.31. The minimum absolute atomic E-state index is 0.00993. The molecule has 0 aliphatic rings. The van der Waals surface area contributed by atoms with Gasteiger partial charge in [0.05, 0.1) is 13.7 Å². The lowest BCUT2D eigenvalue weighted by Gasteiger charge is -2.14. The summed E-state index contributed by atoms with van der Waals surface area (Å²) < 4.78 is 11.1. The van der Waals surface area contributed by atoms with Crippen LogP contribution in [-0.4, -0.2) is 19.5 Å².